The van der Waals surface area contributed by atoms with Gasteiger partial charge in [0, 0.05) is 18.5 Å². The average Bonchev–Trinajstić information content (AvgIpc) is 2.70. The Kier molecular flexibility index (Phi) is 4.69. The number of fused-ring (bicyclic) bond motifs is 1. The molecule has 1 fully saturated rings. The van der Waals surface area contributed by atoms with Crippen molar-refractivity contribution in [1.29, 1.82) is 0 Å². The second-order valence-corrected chi connectivity index (χ2v) is 8.98. The maximum Gasteiger partial charge on any atom is 0.245 e. The van der Waals surface area contributed by atoms with Gasteiger partial charge < -0.3 is 4.90 Å². The molecule has 1 saturated heterocycles. The predicted octanol–water partition coefficient (Wildman–Crippen LogP) is 3.57. The number of rotatable bonds is 3. The van der Waals surface area contributed by atoms with E-state index in [2.05, 4.69) is 0 Å². The van der Waals surface area contributed by atoms with Crippen LogP contribution in [0.1, 0.15) is 12.5 Å². The van der Waals surface area contributed by atoms with E-state index in [1.54, 1.807) is 36.1 Å². The van der Waals surface area contributed by atoms with Crippen LogP contribution in [-0.2, 0) is 14.8 Å². The third-order valence-corrected chi connectivity index (χ3v) is 7.27. The summed E-state index contributed by atoms with van der Waals surface area (Å²) in [6.45, 7) is 4.14. The number of amides is 1. The molecule has 1 unspecified atom stereocenters. The molecule has 0 saturated carbocycles. The molecule has 28 heavy (non-hydrogen) atoms. The Morgan fingerprint density at radius 2 is 1.57 bits per heavy atom. The van der Waals surface area contributed by atoms with Gasteiger partial charge in [0.15, 0.2) is 0 Å². The number of benzene rings is 3. The normalized spacial score (nSPS) is 18.6. The topological polar surface area (TPSA) is 57.7 Å². The summed E-state index contributed by atoms with van der Waals surface area (Å²) in [5.74, 6) is -0.210. The molecule has 1 aliphatic heterocycles. The summed E-state index contributed by atoms with van der Waals surface area (Å²) in [5.41, 5.74) is 1.81. The fourth-order valence-corrected chi connectivity index (χ4v) is 5.29. The monoisotopic (exact) mass is 394 g/mol. The van der Waals surface area contributed by atoms with Crippen molar-refractivity contribution in [1.82, 2.24) is 4.31 Å². The third-order valence-electron chi connectivity index (χ3n) is 5.28. The summed E-state index contributed by atoms with van der Waals surface area (Å²) in [5, 5.41) is 2.04. The highest BCUT2D eigenvalue weighted by Gasteiger charge is 2.39. The molecule has 1 atom stereocenters. The van der Waals surface area contributed by atoms with Crippen molar-refractivity contribution >= 4 is 32.4 Å². The first-order valence-corrected chi connectivity index (χ1v) is 10.7. The van der Waals surface area contributed by atoms with Gasteiger partial charge in [0.2, 0.25) is 15.9 Å². The van der Waals surface area contributed by atoms with Crippen LogP contribution in [0.4, 0.5) is 5.69 Å². The molecule has 1 heterocycles. The van der Waals surface area contributed by atoms with Gasteiger partial charge in [-0.15, -0.1) is 0 Å². The van der Waals surface area contributed by atoms with Gasteiger partial charge in [0.1, 0.15) is 6.04 Å². The Morgan fingerprint density at radius 1 is 0.893 bits per heavy atom. The van der Waals surface area contributed by atoms with Gasteiger partial charge in [0.25, 0.3) is 0 Å². The minimum absolute atomic E-state index is 0.210. The quantitative estimate of drug-likeness (QED) is 0.682. The first kappa shape index (κ1) is 18.7. The summed E-state index contributed by atoms with van der Waals surface area (Å²) in [6.07, 6.45) is 0. The van der Waals surface area contributed by atoms with Crippen molar-refractivity contribution in [3.63, 3.8) is 0 Å². The Hall–Kier alpha value is -2.70. The smallest absolute Gasteiger partial charge is 0.245 e. The van der Waals surface area contributed by atoms with Gasteiger partial charge in [-0.1, -0.05) is 54.1 Å². The largest absolute Gasteiger partial charge is 0.309 e. The molecular weight excluding hydrogens is 372 g/mol. The molecule has 1 amide bonds. The van der Waals surface area contributed by atoms with Crippen molar-refractivity contribution in [2.45, 2.75) is 24.8 Å². The molecule has 5 nitrogen and oxygen atoms in total. The van der Waals surface area contributed by atoms with Gasteiger partial charge in [-0.05, 0) is 37.4 Å². The minimum Gasteiger partial charge on any atom is -0.309 e. The van der Waals surface area contributed by atoms with E-state index in [-0.39, 0.29) is 17.3 Å². The second kappa shape index (κ2) is 7.04. The van der Waals surface area contributed by atoms with Crippen LogP contribution >= 0.6 is 0 Å². The SMILES string of the molecule is Cc1ccc(S(=O)(=O)N2CCN(c3cccc4ccccc34)C(=O)C2C)cc1. The molecule has 3 aromatic rings. The number of nitrogens with zero attached hydrogens (tertiary/aromatic N) is 2. The highest BCUT2D eigenvalue weighted by molar-refractivity contribution is 7.89. The lowest BCUT2D eigenvalue weighted by Gasteiger charge is -2.38. The summed E-state index contributed by atoms with van der Waals surface area (Å²) in [6, 6.07) is 19.7. The summed E-state index contributed by atoms with van der Waals surface area (Å²) in [4.78, 5) is 15.1. The van der Waals surface area contributed by atoms with Gasteiger partial charge >= 0.3 is 0 Å². The number of hydrogen-bond donors (Lipinski definition) is 0. The van der Waals surface area contributed by atoms with Crippen LogP contribution in [0.5, 0.6) is 0 Å². The Balaban J connectivity index is 1.67. The van der Waals surface area contributed by atoms with Crippen LogP contribution in [0.15, 0.2) is 71.6 Å². The maximum absolute atomic E-state index is 13.1. The fraction of sp³-hybridized carbons (Fsp3) is 0.227. The van der Waals surface area contributed by atoms with Crippen LogP contribution in [-0.4, -0.2) is 37.8 Å². The Labute approximate surface area is 165 Å². The van der Waals surface area contributed by atoms with E-state index in [0.29, 0.717) is 6.54 Å². The van der Waals surface area contributed by atoms with Crippen molar-refractivity contribution < 1.29 is 13.2 Å². The first-order chi connectivity index (χ1) is 13.4. The van der Waals surface area contributed by atoms with Crippen molar-refractivity contribution in [3.05, 3.63) is 72.3 Å². The molecule has 0 aromatic heterocycles. The van der Waals surface area contributed by atoms with Crippen LogP contribution in [0, 0.1) is 6.92 Å². The lowest BCUT2D eigenvalue weighted by Crippen LogP contribution is -2.57. The van der Waals surface area contributed by atoms with Crippen molar-refractivity contribution in [2.24, 2.45) is 0 Å². The summed E-state index contributed by atoms with van der Waals surface area (Å²) in [7, 11) is -3.72. The average molecular weight is 394 g/mol. The molecule has 1 aliphatic rings. The number of carbonyl (C=O) groups excluding carboxylic acids is 1. The van der Waals surface area contributed by atoms with E-state index < -0.39 is 16.1 Å². The maximum atomic E-state index is 13.1. The van der Waals surface area contributed by atoms with Gasteiger partial charge in [-0.3, -0.25) is 4.79 Å². The fourth-order valence-electron chi connectivity index (χ4n) is 3.71. The van der Waals surface area contributed by atoms with Crippen molar-refractivity contribution in [2.75, 3.05) is 18.0 Å². The number of piperazine rings is 1. The van der Waals surface area contributed by atoms with Crippen LogP contribution in [0.25, 0.3) is 10.8 Å². The summed E-state index contributed by atoms with van der Waals surface area (Å²) >= 11 is 0. The van der Waals surface area contributed by atoms with Crippen LogP contribution in [0.3, 0.4) is 0 Å². The molecular formula is C22H22N2O3S. The zero-order valence-corrected chi connectivity index (χ0v) is 16.7. The predicted molar refractivity (Wildman–Crippen MR) is 111 cm³/mol. The van der Waals surface area contributed by atoms with E-state index in [4.69, 9.17) is 0 Å². The van der Waals surface area contributed by atoms with E-state index in [1.807, 2.05) is 49.4 Å². The highest BCUT2D eigenvalue weighted by atomic mass is 32.2. The zero-order valence-electron chi connectivity index (χ0n) is 15.9. The number of sulfonamides is 1. The molecule has 6 heteroatoms. The van der Waals surface area contributed by atoms with E-state index in [1.165, 1.54) is 4.31 Å². The van der Waals surface area contributed by atoms with E-state index in [9.17, 15) is 13.2 Å². The molecule has 0 aliphatic carbocycles. The molecule has 3 aromatic carbocycles. The van der Waals surface area contributed by atoms with Crippen LogP contribution < -0.4 is 4.90 Å². The van der Waals surface area contributed by atoms with Crippen LogP contribution in [0.2, 0.25) is 0 Å². The van der Waals surface area contributed by atoms with Gasteiger partial charge in [-0.25, -0.2) is 8.42 Å². The minimum atomic E-state index is -3.72. The first-order valence-electron chi connectivity index (χ1n) is 9.27. The van der Waals surface area contributed by atoms with Gasteiger partial charge in [0.05, 0.1) is 10.6 Å². The highest BCUT2D eigenvalue weighted by Crippen LogP contribution is 2.30. The lowest BCUT2D eigenvalue weighted by molar-refractivity contribution is -0.123. The second-order valence-electron chi connectivity index (χ2n) is 7.09. The van der Waals surface area contributed by atoms with E-state index >= 15 is 0 Å². The molecule has 0 N–H and O–H groups in total. The van der Waals surface area contributed by atoms with E-state index in [0.717, 1.165) is 22.0 Å². The zero-order chi connectivity index (χ0) is 19.9. The number of hydrogen-bond acceptors (Lipinski definition) is 3. The number of anilines is 1. The standard InChI is InChI=1S/C22H22N2O3S/c1-16-10-12-19(13-11-16)28(26,27)24-15-14-23(22(25)17(24)2)21-9-5-7-18-6-3-4-8-20(18)21/h3-13,17H,14-15H2,1-2H3. The number of aryl methyl sites for hydroxylation is 1. The third kappa shape index (κ3) is 3.08. The lowest BCUT2D eigenvalue weighted by atomic mass is 10.1. The molecule has 4 rings (SSSR count). The van der Waals surface area contributed by atoms with Gasteiger partial charge in [-0.2, -0.15) is 4.31 Å². The van der Waals surface area contributed by atoms with Crippen molar-refractivity contribution in [3.8, 4) is 0 Å². The Morgan fingerprint density at radius 3 is 2.32 bits per heavy atom. The Bertz CT molecular complexity index is 1130. The molecule has 0 spiro atoms. The molecule has 144 valence electrons. The molecule has 0 radical (unpaired) electrons. The summed E-state index contributed by atoms with van der Waals surface area (Å²) < 4.78 is 27.4. The number of carbonyl (C=O) groups is 1. The molecule has 0 bridgehead atoms.